The second-order valence-electron chi connectivity index (χ2n) is 17.7. The minimum Gasteiger partial charge on any atom is -0.379 e. The number of anilines is 2. The number of nitrogens with one attached hydrogen (secondary N) is 2. The molecule has 3 aliphatic carbocycles. The molecule has 0 saturated carbocycles. The lowest BCUT2D eigenvalue weighted by Crippen LogP contribution is -2.28. The number of nitriles is 1. The topological polar surface area (TPSA) is 47.9 Å². The number of hydrogen-bond acceptors (Lipinski definition) is 3. The highest BCUT2D eigenvalue weighted by atomic mass is 14.9. The van der Waals surface area contributed by atoms with E-state index < -0.39 is 5.41 Å². The van der Waals surface area contributed by atoms with Crippen LogP contribution < -0.4 is 10.6 Å². The third-order valence-corrected chi connectivity index (χ3v) is 13.4. The summed E-state index contributed by atoms with van der Waals surface area (Å²) in [7, 11) is 0. The molecule has 0 spiro atoms. The predicted octanol–water partition coefficient (Wildman–Crippen LogP) is 15.6. The second-order valence-corrected chi connectivity index (χ2v) is 17.7. The van der Waals surface area contributed by atoms with Gasteiger partial charge in [-0.2, -0.15) is 5.26 Å². The molecular formula is C63H53N3. The summed E-state index contributed by atoms with van der Waals surface area (Å²) in [5.41, 5.74) is 19.8. The first kappa shape index (κ1) is 42.0. The van der Waals surface area contributed by atoms with Crippen molar-refractivity contribution in [2.45, 2.75) is 44.6 Å². The van der Waals surface area contributed by atoms with E-state index in [0.29, 0.717) is 5.56 Å². The fourth-order valence-corrected chi connectivity index (χ4v) is 10.3. The monoisotopic (exact) mass is 851 g/mol. The van der Waals surface area contributed by atoms with E-state index in [2.05, 4.69) is 231 Å². The molecule has 2 unspecified atom stereocenters. The van der Waals surface area contributed by atoms with Gasteiger partial charge in [-0.15, -0.1) is 0 Å². The van der Waals surface area contributed by atoms with E-state index in [4.69, 9.17) is 0 Å². The van der Waals surface area contributed by atoms with E-state index in [1.807, 2.05) is 24.3 Å². The van der Waals surface area contributed by atoms with Crippen LogP contribution in [0.3, 0.4) is 0 Å². The van der Waals surface area contributed by atoms with Crippen molar-refractivity contribution < 1.29 is 0 Å². The van der Waals surface area contributed by atoms with Crippen molar-refractivity contribution >= 4 is 16.9 Å². The van der Waals surface area contributed by atoms with Gasteiger partial charge >= 0.3 is 0 Å². The molecule has 66 heavy (non-hydrogen) atoms. The molecule has 320 valence electrons. The van der Waals surface area contributed by atoms with Gasteiger partial charge in [0.25, 0.3) is 0 Å². The highest BCUT2D eigenvalue weighted by molar-refractivity contribution is 5.88. The largest absolute Gasteiger partial charge is 0.379 e. The molecule has 3 aliphatic rings. The molecule has 3 heteroatoms. The van der Waals surface area contributed by atoms with E-state index in [1.54, 1.807) is 0 Å². The number of benzene rings is 7. The molecule has 0 fully saturated rings. The Morgan fingerprint density at radius 2 is 1.29 bits per heavy atom. The average Bonchev–Trinajstić information content (AvgIpc) is 3.67. The Bertz CT molecular complexity index is 3060. The molecule has 7 aromatic rings. The predicted molar refractivity (Wildman–Crippen MR) is 276 cm³/mol. The highest BCUT2D eigenvalue weighted by Gasteiger charge is 2.46. The summed E-state index contributed by atoms with van der Waals surface area (Å²) in [6.07, 6.45) is 19.4. The SMILES string of the molecule is C/C(=C\C(=C/C(C)Nc1ccc(-c2ccc(C#N)cc2)cc1)C1C=C(C2=C(Nc3ccc4c(c3)C(c3ccccc3)(c3ccccc3)c3ccccc3-4)CCC=C2)C=CC1)c1ccccc1. The molecule has 2 atom stereocenters. The van der Waals surface area contributed by atoms with Crippen LogP contribution in [-0.4, -0.2) is 6.04 Å². The summed E-state index contributed by atoms with van der Waals surface area (Å²) in [5.74, 6) is 0.187. The zero-order valence-corrected chi connectivity index (χ0v) is 37.6. The van der Waals surface area contributed by atoms with Gasteiger partial charge < -0.3 is 10.6 Å². The quantitative estimate of drug-likeness (QED) is 0.120. The van der Waals surface area contributed by atoms with Crippen molar-refractivity contribution in [2.24, 2.45) is 5.92 Å². The van der Waals surface area contributed by atoms with Crippen molar-refractivity contribution in [3.05, 3.63) is 280 Å². The van der Waals surface area contributed by atoms with Crippen LogP contribution in [0.2, 0.25) is 0 Å². The lowest BCUT2D eigenvalue weighted by Gasteiger charge is -2.34. The molecule has 3 nitrogen and oxygen atoms in total. The van der Waals surface area contributed by atoms with Crippen LogP contribution in [0.25, 0.3) is 27.8 Å². The smallest absolute Gasteiger partial charge is 0.0991 e. The summed E-state index contributed by atoms with van der Waals surface area (Å²) in [6.45, 7) is 4.46. The fourth-order valence-electron chi connectivity index (χ4n) is 10.3. The van der Waals surface area contributed by atoms with E-state index in [0.717, 1.165) is 41.8 Å². The molecule has 0 aromatic heterocycles. The molecule has 0 heterocycles. The van der Waals surface area contributed by atoms with Crippen LogP contribution in [0.15, 0.2) is 247 Å². The van der Waals surface area contributed by atoms with E-state index in [1.165, 1.54) is 66.9 Å². The average molecular weight is 852 g/mol. The van der Waals surface area contributed by atoms with Crippen molar-refractivity contribution in [1.29, 1.82) is 5.26 Å². The molecule has 10 rings (SSSR count). The molecule has 2 N–H and O–H groups in total. The van der Waals surface area contributed by atoms with Crippen molar-refractivity contribution in [3.63, 3.8) is 0 Å². The Hall–Kier alpha value is -7.93. The molecule has 0 amide bonds. The lowest BCUT2D eigenvalue weighted by atomic mass is 9.67. The molecule has 0 bridgehead atoms. The van der Waals surface area contributed by atoms with E-state index in [9.17, 15) is 5.26 Å². The van der Waals surface area contributed by atoms with Crippen LogP contribution in [0.5, 0.6) is 0 Å². The maximum Gasteiger partial charge on any atom is 0.0991 e. The zero-order chi connectivity index (χ0) is 44.9. The summed E-state index contributed by atoms with van der Waals surface area (Å²) in [6, 6.07) is 67.3. The van der Waals surface area contributed by atoms with Gasteiger partial charge in [0.15, 0.2) is 0 Å². The third kappa shape index (κ3) is 8.31. The number of nitrogens with zero attached hydrogens (tertiary/aromatic N) is 1. The molecular weight excluding hydrogens is 799 g/mol. The summed E-state index contributed by atoms with van der Waals surface area (Å²) in [4.78, 5) is 0. The van der Waals surface area contributed by atoms with Crippen LogP contribution in [0.1, 0.15) is 66.5 Å². The van der Waals surface area contributed by atoms with Gasteiger partial charge in [-0.3, -0.25) is 0 Å². The van der Waals surface area contributed by atoms with Gasteiger partial charge in [0.1, 0.15) is 0 Å². The van der Waals surface area contributed by atoms with Crippen molar-refractivity contribution in [2.75, 3.05) is 10.6 Å². The first-order valence-electron chi connectivity index (χ1n) is 23.2. The standard InChI is InChI=1S/C63H53N3/c1-44(47-17-6-3-7-18-47)39-52(40-45(2)65-55-35-33-49(34-36-55)48-31-29-46(43-64)30-32-48)50-19-16-20-51(41-50)57-25-13-15-28-62(57)66-56-37-38-59-58-26-12-14-27-60(58)63(61(59)42-56,53-21-8-4-9-22-53)54-23-10-5-11-24-54/h3-14,16-18,20-27,29-42,45,50,65-66H,15,19,28H2,1-2H3/b44-39+,52-40+. The molecule has 0 radical (unpaired) electrons. The first-order chi connectivity index (χ1) is 32.5. The van der Waals surface area contributed by atoms with Gasteiger partial charge in [-0.1, -0.05) is 188 Å². The van der Waals surface area contributed by atoms with Crippen LogP contribution in [0.4, 0.5) is 11.4 Å². The minimum atomic E-state index is -0.451. The van der Waals surface area contributed by atoms with Crippen molar-refractivity contribution in [1.82, 2.24) is 0 Å². The number of rotatable bonds is 12. The maximum absolute atomic E-state index is 9.24. The van der Waals surface area contributed by atoms with Crippen LogP contribution in [-0.2, 0) is 5.41 Å². The maximum atomic E-state index is 9.24. The van der Waals surface area contributed by atoms with Crippen LogP contribution in [0, 0.1) is 17.2 Å². The van der Waals surface area contributed by atoms with Gasteiger partial charge in [-0.05, 0) is 136 Å². The number of allylic oxidation sites excluding steroid dienone is 11. The Morgan fingerprint density at radius 1 is 0.667 bits per heavy atom. The van der Waals surface area contributed by atoms with E-state index >= 15 is 0 Å². The van der Waals surface area contributed by atoms with Crippen molar-refractivity contribution in [3.8, 4) is 28.3 Å². The highest BCUT2D eigenvalue weighted by Crippen LogP contribution is 2.56. The van der Waals surface area contributed by atoms with Gasteiger partial charge in [0, 0.05) is 34.6 Å². The molecule has 0 saturated heterocycles. The number of hydrogen-bond donors (Lipinski definition) is 2. The third-order valence-electron chi connectivity index (χ3n) is 13.4. The van der Waals surface area contributed by atoms with Gasteiger partial charge in [0.05, 0.1) is 17.0 Å². The zero-order valence-electron chi connectivity index (χ0n) is 37.6. The first-order valence-corrected chi connectivity index (χ1v) is 23.2. The van der Waals surface area contributed by atoms with Crippen LogP contribution >= 0.6 is 0 Å². The number of fused-ring (bicyclic) bond motifs is 3. The Balaban J connectivity index is 0.983. The summed E-state index contributed by atoms with van der Waals surface area (Å²) >= 11 is 0. The Labute approximate surface area is 390 Å². The van der Waals surface area contributed by atoms with Gasteiger partial charge in [0.2, 0.25) is 0 Å². The molecule has 0 aliphatic heterocycles. The lowest BCUT2D eigenvalue weighted by molar-refractivity contribution is 0.767. The normalized spacial score (nSPS) is 16.7. The minimum absolute atomic E-state index is 0.0687. The summed E-state index contributed by atoms with van der Waals surface area (Å²) in [5, 5.41) is 17.0. The Morgan fingerprint density at radius 3 is 1.98 bits per heavy atom. The van der Waals surface area contributed by atoms with E-state index in [-0.39, 0.29) is 12.0 Å². The summed E-state index contributed by atoms with van der Waals surface area (Å²) < 4.78 is 0. The fraction of sp³-hybridized carbons (Fsp3) is 0.127. The molecule has 7 aromatic carbocycles. The second kappa shape index (κ2) is 18.7. The Kier molecular flexibility index (Phi) is 11.9. The van der Waals surface area contributed by atoms with Gasteiger partial charge in [-0.25, -0.2) is 0 Å².